The molecule has 0 fully saturated rings. The van der Waals surface area contributed by atoms with Gasteiger partial charge in [-0.05, 0) is 42.3 Å². The molecule has 1 aromatic heterocycles. The third kappa shape index (κ3) is 2.84. The number of nitrogens with zero attached hydrogens (tertiary/aromatic N) is 2. The molecular weight excluding hydrogens is 318 g/mol. The molecular formula is C11H18BrN3O2S. The van der Waals surface area contributed by atoms with Crippen molar-refractivity contribution in [2.75, 3.05) is 12.8 Å². The van der Waals surface area contributed by atoms with Gasteiger partial charge in [0, 0.05) is 23.3 Å². The average molecular weight is 336 g/mol. The second-order valence-electron chi connectivity index (χ2n) is 4.68. The van der Waals surface area contributed by atoms with Gasteiger partial charge in [-0.15, -0.1) is 0 Å². The van der Waals surface area contributed by atoms with Gasteiger partial charge in [-0.25, -0.2) is 13.4 Å². The van der Waals surface area contributed by atoms with E-state index < -0.39 is 15.6 Å². The first kappa shape index (κ1) is 15.4. The molecule has 0 radical (unpaired) electrons. The van der Waals surface area contributed by atoms with E-state index in [1.807, 2.05) is 20.8 Å². The summed E-state index contributed by atoms with van der Waals surface area (Å²) in [5.41, 5.74) is 5.18. The molecule has 0 amide bonds. The first-order chi connectivity index (χ1) is 8.13. The fraction of sp³-hybridized carbons (Fsp3) is 0.545. The zero-order chi connectivity index (χ0) is 14.1. The zero-order valence-electron chi connectivity index (χ0n) is 10.9. The van der Waals surface area contributed by atoms with E-state index >= 15 is 0 Å². The summed E-state index contributed by atoms with van der Waals surface area (Å²) in [4.78, 5) is 3.89. The number of pyridine rings is 1. The van der Waals surface area contributed by atoms with E-state index in [0.717, 1.165) is 0 Å². The number of sulfonamides is 1. The highest BCUT2D eigenvalue weighted by Crippen LogP contribution is 2.28. The van der Waals surface area contributed by atoms with Gasteiger partial charge < -0.3 is 5.73 Å². The minimum atomic E-state index is -3.65. The van der Waals surface area contributed by atoms with Crippen molar-refractivity contribution in [3.8, 4) is 0 Å². The van der Waals surface area contributed by atoms with Gasteiger partial charge in [0.1, 0.15) is 10.7 Å². The van der Waals surface area contributed by atoms with Crippen molar-refractivity contribution in [2.45, 2.75) is 37.6 Å². The summed E-state index contributed by atoms with van der Waals surface area (Å²) in [5.74, 6) is 0.0111. The molecule has 0 saturated heterocycles. The lowest BCUT2D eigenvalue weighted by atomic mass is 10.0. The highest BCUT2D eigenvalue weighted by Gasteiger charge is 2.34. The molecule has 2 N–H and O–H groups in total. The van der Waals surface area contributed by atoms with Crippen LogP contribution in [0.2, 0.25) is 0 Å². The fourth-order valence-corrected chi connectivity index (χ4v) is 3.48. The number of hydrogen-bond acceptors (Lipinski definition) is 4. The summed E-state index contributed by atoms with van der Waals surface area (Å²) in [5, 5.41) is 0. The van der Waals surface area contributed by atoms with E-state index in [2.05, 4.69) is 20.9 Å². The van der Waals surface area contributed by atoms with Crippen LogP contribution in [0.1, 0.15) is 27.2 Å². The van der Waals surface area contributed by atoms with Crippen LogP contribution in [0, 0.1) is 0 Å². The molecule has 0 aromatic carbocycles. The van der Waals surface area contributed by atoms with E-state index in [9.17, 15) is 8.42 Å². The third-order valence-electron chi connectivity index (χ3n) is 3.20. The van der Waals surface area contributed by atoms with Crippen molar-refractivity contribution in [3.05, 3.63) is 16.7 Å². The Kier molecular flexibility index (Phi) is 4.40. The third-order valence-corrected chi connectivity index (χ3v) is 5.74. The van der Waals surface area contributed by atoms with Crippen LogP contribution in [-0.4, -0.2) is 30.3 Å². The molecule has 1 heterocycles. The maximum atomic E-state index is 12.5. The van der Waals surface area contributed by atoms with Crippen molar-refractivity contribution < 1.29 is 8.42 Å². The molecule has 0 bridgehead atoms. The maximum absolute atomic E-state index is 12.5. The van der Waals surface area contributed by atoms with E-state index in [0.29, 0.717) is 10.9 Å². The van der Waals surface area contributed by atoms with Gasteiger partial charge >= 0.3 is 0 Å². The highest BCUT2D eigenvalue weighted by molar-refractivity contribution is 9.10. The topological polar surface area (TPSA) is 76.3 Å². The summed E-state index contributed by atoms with van der Waals surface area (Å²) < 4.78 is 26.9. The standard InChI is InChI=1S/C11H18BrN3O2S/c1-5-11(2,3)15(4)18(16,17)9-6-8(12)7-14-10(9)13/h6-7H,5H2,1-4H3,(H2,13,14). The van der Waals surface area contributed by atoms with Crippen LogP contribution in [0.3, 0.4) is 0 Å². The molecule has 0 atom stereocenters. The molecule has 1 aromatic rings. The Hall–Kier alpha value is -0.660. The minimum absolute atomic E-state index is 0.0111. The van der Waals surface area contributed by atoms with Gasteiger partial charge in [-0.1, -0.05) is 6.92 Å². The van der Waals surface area contributed by atoms with Crippen molar-refractivity contribution in [2.24, 2.45) is 0 Å². The number of rotatable bonds is 4. The lowest BCUT2D eigenvalue weighted by Crippen LogP contribution is -2.44. The van der Waals surface area contributed by atoms with Gasteiger partial charge in [0.2, 0.25) is 10.0 Å². The molecule has 102 valence electrons. The highest BCUT2D eigenvalue weighted by atomic mass is 79.9. The smallest absolute Gasteiger partial charge is 0.247 e. The second-order valence-corrected chi connectivity index (χ2v) is 7.53. The molecule has 0 aliphatic rings. The number of halogens is 1. The van der Waals surface area contributed by atoms with Gasteiger partial charge in [0.15, 0.2) is 0 Å². The summed E-state index contributed by atoms with van der Waals surface area (Å²) >= 11 is 3.20. The molecule has 0 spiro atoms. The van der Waals surface area contributed by atoms with Crippen molar-refractivity contribution in [1.82, 2.24) is 9.29 Å². The predicted molar refractivity (Wildman–Crippen MR) is 75.7 cm³/mol. The van der Waals surface area contributed by atoms with Crippen molar-refractivity contribution >= 4 is 31.8 Å². The SMILES string of the molecule is CCC(C)(C)N(C)S(=O)(=O)c1cc(Br)cnc1N. The van der Waals surface area contributed by atoms with Gasteiger partial charge in [-0.3, -0.25) is 0 Å². The minimum Gasteiger partial charge on any atom is -0.383 e. The zero-order valence-corrected chi connectivity index (χ0v) is 13.3. The molecule has 7 heteroatoms. The number of anilines is 1. The molecule has 0 unspecified atom stereocenters. The average Bonchev–Trinajstić information content (AvgIpc) is 2.31. The maximum Gasteiger partial charge on any atom is 0.247 e. The van der Waals surface area contributed by atoms with Crippen molar-refractivity contribution in [3.63, 3.8) is 0 Å². The summed E-state index contributed by atoms with van der Waals surface area (Å²) in [6, 6.07) is 1.47. The van der Waals surface area contributed by atoms with E-state index in [1.54, 1.807) is 7.05 Å². The first-order valence-electron chi connectivity index (χ1n) is 5.53. The van der Waals surface area contributed by atoms with Crippen LogP contribution in [0.15, 0.2) is 21.6 Å². The number of nitrogen functional groups attached to an aromatic ring is 1. The molecule has 0 saturated carbocycles. The fourth-order valence-electron chi connectivity index (χ4n) is 1.33. The van der Waals surface area contributed by atoms with Crippen LogP contribution in [0.25, 0.3) is 0 Å². The van der Waals surface area contributed by atoms with Gasteiger partial charge in [-0.2, -0.15) is 4.31 Å². The second kappa shape index (κ2) is 5.14. The summed E-state index contributed by atoms with van der Waals surface area (Å²) in [6.45, 7) is 5.67. The molecule has 5 nitrogen and oxygen atoms in total. The first-order valence-corrected chi connectivity index (χ1v) is 7.76. The lowest BCUT2D eigenvalue weighted by Gasteiger charge is -2.33. The number of nitrogens with two attached hydrogens (primary N) is 1. The van der Waals surface area contributed by atoms with Gasteiger partial charge in [0.25, 0.3) is 0 Å². The van der Waals surface area contributed by atoms with E-state index in [4.69, 9.17) is 5.73 Å². The van der Waals surface area contributed by atoms with Crippen molar-refractivity contribution in [1.29, 1.82) is 0 Å². The lowest BCUT2D eigenvalue weighted by molar-refractivity contribution is 0.257. The Labute approximate surface area is 117 Å². The van der Waals surface area contributed by atoms with Crippen LogP contribution >= 0.6 is 15.9 Å². The Morgan fingerprint density at radius 1 is 1.50 bits per heavy atom. The normalized spacial score (nSPS) is 13.0. The Morgan fingerprint density at radius 2 is 2.06 bits per heavy atom. The Bertz CT molecular complexity index is 543. The number of hydrogen-bond donors (Lipinski definition) is 1. The molecule has 18 heavy (non-hydrogen) atoms. The Morgan fingerprint density at radius 3 is 2.56 bits per heavy atom. The van der Waals surface area contributed by atoms with Crippen LogP contribution in [0.4, 0.5) is 5.82 Å². The summed E-state index contributed by atoms with van der Waals surface area (Å²) in [7, 11) is -2.09. The molecule has 0 aliphatic carbocycles. The van der Waals surface area contributed by atoms with Crippen LogP contribution in [0.5, 0.6) is 0 Å². The largest absolute Gasteiger partial charge is 0.383 e. The van der Waals surface area contributed by atoms with Gasteiger partial charge in [0.05, 0.1) is 0 Å². The number of aromatic nitrogens is 1. The monoisotopic (exact) mass is 335 g/mol. The van der Waals surface area contributed by atoms with E-state index in [-0.39, 0.29) is 10.7 Å². The summed E-state index contributed by atoms with van der Waals surface area (Å²) in [6.07, 6.45) is 2.17. The predicted octanol–water partition coefficient (Wildman–Crippen LogP) is 2.24. The van der Waals surface area contributed by atoms with E-state index in [1.165, 1.54) is 16.6 Å². The molecule has 0 aliphatic heterocycles. The Balaban J connectivity index is 3.34. The van der Waals surface area contributed by atoms with Crippen LogP contribution < -0.4 is 5.73 Å². The quantitative estimate of drug-likeness (QED) is 0.915. The molecule has 1 rings (SSSR count). The van der Waals surface area contributed by atoms with Crippen LogP contribution in [-0.2, 0) is 10.0 Å².